The Morgan fingerprint density at radius 3 is 2.60 bits per heavy atom. The third-order valence-corrected chi connectivity index (χ3v) is 6.06. The Morgan fingerprint density at radius 2 is 1.90 bits per heavy atom. The molecule has 112 valence electrons. The van der Waals surface area contributed by atoms with Crippen molar-refractivity contribution in [2.45, 2.75) is 44.6 Å². The lowest BCUT2D eigenvalue weighted by Gasteiger charge is -2.23. The van der Waals surface area contributed by atoms with Crippen molar-refractivity contribution in [2.75, 3.05) is 13.1 Å². The minimum Gasteiger partial charge on any atom is -0.392 e. The first-order chi connectivity index (χ1) is 9.37. The third-order valence-electron chi connectivity index (χ3n) is 4.06. The second-order valence-corrected chi connectivity index (χ2v) is 8.09. The van der Waals surface area contributed by atoms with Gasteiger partial charge < -0.3 is 5.11 Å². The van der Waals surface area contributed by atoms with Crippen molar-refractivity contribution >= 4 is 10.0 Å². The Labute approximate surface area is 121 Å². The molecule has 1 aliphatic heterocycles. The highest BCUT2D eigenvalue weighted by atomic mass is 32.2. The van der Waals surface area contributed by atoms with E-state index in [2.05, 4.69) is 13.8 Å². The molecule has 2 rings (SSSR count). The van der Waals surface area contributed by atoms with E-state index in [1.165, 1.54) is 0 Å². The number of hydrogen-bond acceptors (Lipinski definition) is 3. The van der Waals surface area contributed by atoms with Crippen LogP contribution in [0.4, 0.5) is 0 Å². The third kappa shape index (κ3) is 3.22. The van der Waals surface area contributed by atoms with E-state index in [1.54, 1.807) is 28.6 Å². The Bertz CT molecular complexity index is 566. The maximum Gasteiger partial charge on any atom is 0.243 e. The van der Waals surface area contributed by atoms with Crippen molar-refractivity contribution in [1.82, 2.24) is 4.31 Å². The number of aliphatic hydroxyl groups excluding tert-OH is 1. The minimum absolute atomic E-state index is 0.195. The van der Waals surface area contributed by atoms with Crippen molar-refractivity contribution in [1.29, 1.82) is 0 Å². The molecule has 0 aromatic heterocycles. The molecule has 1 saturated heterocycles. The first-order valence-electron chi connectivity index (χ1n) is 7.06. The summed E-state index contributed by atoms with van der Waals surface area (Å²) < 4.78 is 27.1. The summed E-state index contributed by atoms with van der Waals surface area (Å²) in [7, 11) is -3.50. The summed E-state index contributed by atoms with van der Waals surface area (Å²) in [6, 6.07) is 6.69. The van der Waals surface area contributed by atoms with Crippen molar-refractivity contribution < 1.29 is 13.5 Å². The summed E-state index contributed by atoms with van der Waals surface area (Å²) in [6.45, 7) is 5.23. The van der Waals surface area contributed by atoms with Crippen LogP contribution in [-0.2, 0) is 16.6 Å². The van der Waals surface area contributed by atoms with Crippen LogP contribution in [0, 0.1) is 5.41 Å². The molecule has 0 radical (unpaired) electrons. The first-order valence-corrected chi connectivity index (χ1v) is 8.50. The molecule has 4 nitrogen and oxygen atoms in total. The fraction of sp³-hybridized carbons (Fsp3) is 0.600. The molecular formula is C15H23NO3S. The number of benzene rings is 1. The molecule has 0 amide bonds. The van der Waals surface area contributed by atoms with Crippen LogP contribution in [-0.4, -0.2) is 30.9 Å². The molecule has 5 heteroatoms. The highest BCUT2D eigenvalue weighted by Crippen LogP contribution is 2.32. The first kappa shape index (κ1) is 15.5. The van der Waals surface area contributed by atoms with Gasteiger partial charge in [0.25, 0.3) is 0 Å². The van der Waals surface area contributed by atoms with Crippen LogP contribution in [0.3, 0.4) is 0 Å². The van der Waals surface area contributed by atoms with Crippen molar-refractivity contribution in [2.24, 2.45) is 5.41 Å². The van der Waals surface area contributed by atoms with Crippen LogP contribution in [0.15, 0.2) is 29.2 Å². The van der Waals surface area contributed by atoms with E-state index >= 15 is 0 Å². The molecule has 1 N–H and O–H groups in total. The fourth-order valence-corrected chi connectivity index (χ4v) is 4.36. The zero-order valence-corrected chi connectivity index (χ0v) is 13.0. The monoisotopic (exact) mass is 297 g/mol. The van der Waals surface area contributed by atoms with E-state index in [0.29, 0.717) is 18.7 Å². The summed E-state index contributed by atoms with van der Waals surface area (Å²) in [5.74, 6) is 0. The average molecular weight is 297 g/mol. The molecule has 0 atom stereocenters. The van der Waals surface area contributed by atoms with Crippen molar-refractivity contribution in [3.05, 3.63) is 29.8 Å². The maximum absolute atomic E-state index is 12.7. The number of aliphatic hydroxyl groups is 1. The van der Waals surface area contributed by atoms with Gasteiger partial charge in [-0.25, -0.2) is 8.42 Å². The molecule has 1 aromatic carbocycles. The van der Waals surface area contributed by atoms with Gasteiger partial charge in [-0.05, 0) is 36.3 Å². The van der Waals surface area contributed by atoms with Gasteiger partial charge in [-0.1, -0.05) is 32.0 Å². The van der Waals surface area contributed by atoms with Crippen LogP contribution in [0.2, 0.25) is 0 Å². The van der Waals surface area contributed by atoms with Gasteiger partial charge in [-0.15, -0.1) is 0 Å². The molecule has 0 saturated carbocycles. The smallest absolute Gasteiger partial charge is 0.243 e. The summed E-state index contributed by atoms with van der Waals surface area (Å²) in [5, 5.41) is 9.34. The van der Waals surface area contributed by atoms with Gasteiger partial charge in [-0.2, -0.15) is 4.31 Å². The quantitative estimate of drug-likeness (QED) is 0.932. The van der Waals surface area contributed by atoms with E-state index in [1.807, 2.05) is 0 Å². The van der Waals surface area contributed by atoms with Crippen LogP contribution in [0.25, 0.3) is 0 Å². The van der Waals surface area contributed by atoms with Gasteiger partial charge in [0, 0.05) is 13.1 Å². The standard InChI is InChI=1S/C15H23NO3S/c1-15(2)8-5-10-16(11-9-15)20(18,19)14-7-4-3-6-13(14)12-17/h3-4,6-7,17H,5,8-12H2,1-2H3. The Hall–Kier alpha value is -0.910. The Balaban J connectivity index is 2.30. The van der Waals surface area contributed by atoms with Crippen LogP contribution in [0.1, 0.15) is 38.7 Å². The van der Waals surface area contributed by atoms with Crippen molar-refractivity contribution in [3.8, 4) is 0 Å². The second kappa shape index (κ2) is 5.84. The van der Waals surface area contributed by atoms with E-state index in [9.17, 15) is 13.5 Å². The summed E-state index contributed by atoms with van der Waals surface area (Å²) >= 11 is 0. The SMILES string of the molecule is CC1(C)CCCN(S(=O)(=O)c2ccccc2CO)CC1. The number of nitrogens with zero attached hydrogens (tertiary/aromatic N) is 1. The molecule has 1 fully saturated rings. The molecule has 1 aliphatic rings. The van der Waals surface area contributed by atoms with E-state index in [0.717, 1.165) is 19.3 Å². The molecule has 1 heterocycles. The molecule has 1 aromatic rings. The van der Waals surface area contributed by atoms with E-state index < -0.39 is 10.0 Å². The molecule has 20 heavy (non-hydrogen) atoms. The molecule has 0 bridgehead atoms. The average Bonchev–Trinajstić information content (AvgIpc) is 2.60. The van der Waals surface area contributed by atoms with E-state index in [4.69, 9.17) is 0 Å². The predicted molar refractivity (Wildman–Crippen MR) is 78.8 cm³/mol. The van der Waals surface area contributed by atoms with Gasteiger partial charge in [0.15, 0.2) is 0 Å². The lowest BCUT2D eigenvalue weighted by Crippen LogP contribution is -2.33. The fourth-order valence-electron chi connectivity index (χ4n) is 2.66. The minimum atomic E-state index is -3.50. The van der Waals surface area contributed by atoms with Crippen molar-refractivity contribution in [3.63, 3.8) is 0 Å². The summed E-state index contributed by atoms with van der Waals surface area (Å²) in [5.41, 5.74) is 0.664. The van der Waals surface area contributed by atoms with Crippen LogP contribution in [0.5, 0.6) is 0 Å². The Morgan fingerprint density at radius 1 is 1.20 bits per heavy atom. The Kier molecular flexibility index (Phi) is 4.52. The molecule has 0 spiro atoms. The topological polar surface area (TPSA) is 57.6 Å². The normalized spacial score (nSPS) is 20.6. The van der Waals surface area contributed by atoms with Gasteiger partial charge in [0.2, 0.25) is 10.0 Å². The summed E-state index contributed by atoms with van der Waals surface area (Å²) in [4.78, 5) is 0.238. The van der Waals surface area contributed by atoms with Gasteiger partial charge >= 0.3 is 0 Å². The predicted octanol–water partition coefficient (Wildman–Crippen LogP) is 2.38. The zero-order chi connectivity index (χ0) is 14.8. The lowest BCUT2D eigenvalue weighted by atomic mass is 9.85. The van der Waals surface area contributed by atoms with E-state index in [-0.39, 0.29) is 16.9 Å². The van der Waals surface area contributed by atoms with Gasteiger partial charge in [-0.3, -0.25) is 0 Å². The highest BCUT2D eigenvalue weighted by Gasteiger charge is 2.31. The molecule has 0 unspecified atom stereocenters. The second-order valence-electron chi connectivity index (χ2n) is 6.19. The highest BCUT2D eigenvalue weighted by molar-refractivity contribution is 7.89. The summed E-state index contributed by atoms with van der Waals surface area (Å²) in [6.07, 6.45) is 2.79. The number of rotatable bonds is 3. The number of sulfonamides is 1. The van der Waals surface area contributed by atoms with Crippen LogP contribution < -0.4 is 0 Å². The molecular weight excluding hydrogens is 274 g/mol. The van der Waals surface area contributed by atoms with Gasteiger partial charge in [0.1, 0.15) is 0 Å². The van der Waals surface area contributed by atoms with Gasteiger partial charge in [0.05, 0.1) is 11.5 Å². The largest absolute Gasteiger partial charge is 0.392 e. The maximum atomic E-state index is 12.7. The lowest BCUT2D eigenvalue weighted by molar-refractivity contribution is 0.278. The van der Waals surface area contributed by atoms with Crippen LogP contribution >= 0.6 is 0 Å². The zero-order valence-electron chi connectivity index (χ0n) is 12.2. The molecule has 0 aliphatic carbocycles. The number of hydrogen-bond donors (Lipinski definition) is 1.